The molecule has 2 rings (SSSR count). The zero-order chi connectivity index (χ0) is 17.9. The van der Waals surface area contributed by atoms with Crippen molar-refractivity contribution in [2.75, 3.05) is 33.2 Å². The number of piperazine rings is 1. The molecule has 0 radical (unpaired) electrons. The molecule has 1 N–H and O–H groups in total. The average Bonchev–Trinajstić information content (AvgIpc) is 2.51. The Hall–Kier alpha value is -1.63. The standard InChI is InChI=1S/C17H29N3O4/c1-5-6-13(21)24-12(3)14-15(18-16(14)22)11(2)17(23)20-9-7-19(4)8-10-20/h11-12,14-15H,5-10H2,1-4H3,(H,18,22)/t11-,12-,14-,15-/m1/s1. The van der Waals surface area contributed by atoms with Gasteiger partial charge < -0.3 is 19.9 Å². The smallest absolute Gasteiger partial charge is 0.306 e. The van der Waals surface area contributed by atoms with Gasteiger partial charge in [0.2, 0.25) is 11.8 Å². The van der Waals surface area contributed by atoms with Crippen molar-refractivity contribution in [3.8, 4) is 0 Å². The summed E-state index contributed by atoms with van der Waals surface area (Å²) in [6.45, 7) is 8.64. The van der Waals surface area contributed by atoms with E-state index < -0.39 is 12.0 Å². The van der Waals surface area contributed by atoms with Gasteiger partial charge in [-0.3, -0.25) is 14.4 Å². The molecule has 0 aliphatic carbocycles. The number of amides is 2. The van der Waals surface area contributed by atoms with Crippen LogP contribution >= 0.6 is 0 Å². The van der Waals surface area contributed by atoms with Crippen LogP contribution in [0.25, 0.3) is 0 Å². The first-order valence-corrected chi connectivity index (χ1v) is 8.82. The Morgan fingerprint density at radius 3 is 2.42 bits per heavy atom. The molecule has 2 fully saturated rings. The third kappa shape index (κ3) is 4.06. The number of nitrogens with one attached hydrogen (secondary N) is 1. The first kappa shape index (κ1) is 18.7. The minimum Gasteiger partial charge on any atom is -0.462 e. The van der Waals surface area contributed by atoms with Crippen LogP contribution in [0.4, 0.5) is 0 Å². The Kier molecular flexibility index (Phi) is 6.21. The maximum atomic E-state index is 12.7. The van der Waals surface area contributed by atoms with E-state index in [1.165, 1.54) is 0 Å². The second-order valence-corrected chi connectivity index (χ2v) is 6.92. The zero-order valence-electron chi connectivity index (χ0n) is 15.1. The van der Waals surface area contributed by atoms with E-state index in [1.54, 1.807) is 6.92 Å². The van der Waals surface area contributed by atoms with Crippen molar-refractivity contribution in [2.24, 2.45) is 11.8 Å². The molecule has 2 amide bonds. The summed E-state index contributed by atoms with van der Waals surface area (Å²) in [6, 6.07) is -0.269. The molecule has 2 heterocycles. The monoisotopic (exact) mass is 339 g/mol. The number of carbonyl (C=O) groups is 3. The van der Waals surface area contributed by atoms with Crippen LogP contribution in [0.5, 0.6) is 0 Å². The lowest BCUT2D eigenvalue weighted by Gasteiger charge is -2.44. The van der Waals surface area contributed by atoms with E-state index in [-0.39, 0.29) is 29.7 Å². The van der Waals surface area contributed by atoms with Crippen LogP contribution in [-0.2, 0) is 19.1 Å². The second kappa shape index (κ2) is 7.96. The van der Waals surface area contributed by atoms with E-state index >= 15 is 0 Å². The van der Waals surface area contributed by atoms with E-state index in [0.29, 0.717) is 25.9 Å². The molecule has 0 saturated carbocycles. The number of ether oxygens (including phenoxy) is 1. The van der Waals surface area contributed by atoms with Crippen LogP contribution in [0.2, 0.25) is 0 Å². The van der Waals surface area contributed by atoms with Gasteiger partial charge in [-0.15, -0.1) is 0 Å². The van der Waals surface area contributed by atoms with E-state index in [2.05, 4.69) is 10.2 Å². The van der Waals surface area contributed by atoms with Crippen LogP contribution < -0.4 is 5.32 Å². The fourth-order valence-electron chi connectivity index (χ4n) is 3.37. The Bertz CT molecular complexity index is 488. The van der Waals surface area contributed by atoms with Crippen LogP contribution in [0.1, 0.15) is 33.6 Å². The summed E-state index contributed by atoms with van der Waals surface area (Å²) in [5.41, 5.74) is 0. The first-order chi connectivity index (χ1) is 11.3. The molecule has 0 spiro atoms. The van der Waals surface area contributed by atoms with Gasteiger partial charge in [-0.2, -0.15) is 0 Å². The number of hydrogen-bond donors (Lipinski definition) is 1. The first-order valence-electron chi connectivity index (χ1n) is 8.82. The molecule has 2 aliphatic rings. The highest BCUT2D eigenvalue weighted by Crippen LogP contribution is 2.28. The predicted molar refractivity (Wildman–Crippen MR) is 89.1 cm³/mol. The SMILES string of the molecule is CCCC(=O)O[C@H](C)[C@H]1C(=O)N[C@@H]1[C@@H](C)C(=O)N1CCN(C)CC1. The van der Waals surface area contributed by atoms with E-state index in [0.717, 1.165) is 13.1 Å². The van der Waals surface area contributed by atoms with Gasteiger partial charge in [0, 0.05) is 32.6 Å². The van der Waals surface area contributed by atoms with Crippen LogP contribution in [0, 0.1) is 11.8 Å². The number of likely N-dealkylation sites (N-methyl/N-ethyl adjacent to an activating group) is 1. The summed E-state index contributed by atoms with van der Waals surface area (Å²) < 4.78 is 5.35. The topological polar surface area (TPSA) is 78.9 Å². The van der Waals surface area contributed by atoms with Gasteiger partial charge in [0.05, 0.1) is 17.9 Å². The summed E-state index contributed by atoms with van der Waals surface area (Å²) in [6.07, 6.45) is 0.550. The number of carbonyl (C=O) groups excluding carboxylic acids is 3. The second-order valence-electron chi connectivity index (χ2n) is 6.92. The lowest BCUT2D eigenvalue weighted by Crippen LogP contribution is -2.67. The maximum Gasteiger partial charge on any atom is 0.306 e. The summed E-state index contributed by atoms with van der Waals surface area (Å²) >= 11 is 0. The van der Waals surface area contributed by atoms with Crippen molar-refractivity contribution >= 4 is 17.8 Å². The lowest BCUT2D eigenvalue weighted by atomic mass is 9.78. The zero-order valence-corrected chi connectivity index (χ0v) is 15.1. The minimum atomic E-state index is -0.509. The molecule has 0 bridgehead atoms. The third-order valence-corrected chi connectivity index (χ3v) is 5.02. The van der Waals surface area contributed by atoms with Crippen molar-refractivity contribution in [1.82, 2.24) is 15.1 Å². The molecule has 4 atom stereocenters. The van der Waals surface area contributed by atoms with Crippen molar-refractivity contribution in [3.63, 3.8) is 0 Å². The van der Waals surface area contributed by atoms with Gasteiger partial charge in [-0.05, 0) is 20.4 Å². The van der Waals surface area contributed by atoms with Gasteiger partial charge in [0.1, 0.15) is 6.10 Å². The Balaban J connectivity index is 1.93. The highest BCUT2D eigenvalue weighted by atomic mass is 16.5. The number of esters is 1. The van der Waals surface area contributed by atoms with Crippen molar-refractivity contribution in [2.45, 2.75) is 45.8 Å². The highest BCUT2D eigenvalue weighted by Gasteiger charge is 2.49. The molecular weight excluding hydrogens is 310 g/mol. The van der Waals surface area contributed by atoms with E-state index in [1.807, 2.05) is 25.8 Å². The van der Waals surface area contributed by atoms with Crippen LogP contribution in [0.15, 0.2) is 0 Å². The molecule has 0 unspecified atom stereocenters. The van der Waals surface area contributed by atoms with Crippen LogP contribution in [-0.4, -0.2) is 73.0 Å². The predicted octanol–water partition coefficient (Wildman–Crippen LogP) is 0.243. The van der Waals surface area contributed by atoms with Crippen molar-refractivity contribution in [3.05, 3.63) is 0 Å². The van der Waals surface area contributed by atoms with Crippen molar-refractivity contribution in [1.29, 1.82) is 0 Å². The van der Waals surface area contributed by atoms with E-state index in [4.69, 9.17) is 4.74 Å². The van der Waals surface area contributed by atoms with Gasteiger partial charge in [-0.25, -0.2) is 0 Å². The van der Waals surface area contributed by atoms with Crippen LogP contribution in [0.3, 0.4) is 0 Å². The molecule has 24 heavy (non-hydrogen) atoms. The lowest BCUT2D eigenvalue weighted by molar-refractivity contribution is -0.161. The molecule has 0 aromatic carbocycles. The number of nitrogens with zero attached hydrogens (tertiary/aromatic N) is 2. The van der Waals surface area contributed by atoms with Gasteiger partial charge >= 0.3 is 5.97 Å². The quantitative estimate of drug-likeness (QED) is 0.554. The van der Waals surface area contributed by atoms with Gasteiger partial charge in [-0.1, -0.05) is 13.8 Å². The number of rotatable bonds is 6. The van der Waals surface area contributed by atoms with Gasteiger partial charge in [0.15, 0.2) is 0 Å². The number of hydrogen-bond acceptors (Lipinski definition) is 5. The molecule has 0 aromatic rings. The molecule has 2 saturated heterocycles. The summed E-state index contributed by atoms with van der Waals surface area (Å²) in [7, 11) is 2.04. The fraction of sp³-hybridized carbons (Fsp3) is 0.824. The van der Waals surface area contributed by atoms with E-state index in [9.17, 15) is 14.4 Å². The summed E-state index contributed by atoms with van der Waals surface area (Å²) in [4.78, 5) is 40.3. The molecule has 136 valence electrons. The molecule has 0 aromatic heterocycles. The molecular formula is C17H29N3O4. The molecule has 7 nitrogen and oxygen atoms in total. The highest BCUT2D eigenvalue weighted by molar-refractivity contribution is 5.90. The van der Waals surface area contributed by atoms with Crippen molar-refractivity contribution < 1.29 is 19.1 Å². The average molecular weight is 339 g/mol. The largest absolute Gasteiger partial charge is 0.462 e. The molecule has 2 aliphatic heterocycles. The fourth-order valence-corrected chi connectivity index (χ4v) is 3.37. The third-order valence-electron chi connectivity index (χ3n) is 5.02. The summed E-state index contributed by atoms with van der Waals surface area (Å²) in [5.74, 6) is -1.14. The maximum absolute atomic E-state index is 12.7. The summed E-state index contributed by atoms with van der Waals surface area (Å²) in [5, 5.41) is 2.82. The normalized spacial score (nSPS) is 27.0. The van der Waals surface area contributed by atoms with Gasteiger partial charge in [0.25, 0.3) is 0 Å². The minimum absolute atomic E-state index is 0.0604. The molecule has 7 heteroatoms. The Morgan fingerprint density at radius 2 is 1.88 bits per heavy atom. The Morgan fingerprint density at radius 1 is 1.25 bits per heavy atom. The Labute approximate surface area is 143 Å². The number of β-lactam (4-membered cyclic amide) rings is 1.